The summed E-state index contributed by atoms with van der Waals surface area (Å²) in [5.74, 6) is 0.578. The Bertz CT molecular complexity index is 341. The van der Waals surface area contributed by atoms with E-state index >= 15 is 0 Å². The fraction of sp³-hybridized carbons (Fsp3) is 0.364. The molecule has 0 bridgehead atoms. The molecule has 1 aliphatic rings. The Labute approximate surface area is 88.3 Å². The molecule has 1 saturated heterocycles. The molecule has 1 aliphatic heterocycles. The fourth-order valence-electron chi connectivity index (χ4n) is 1.78. The molecular formula is C11H12ClNO. The molecule has 0 aliphatic carbocycles. The molecule has 14 heavy (non-hydrogen) atoms. The molecule has 74 valence electrons. The molecule has 1 atom stereocenters. The number of hydrogen-bond acceptors (Lipinski definition) is 1. The number of hydrogen-bond donors (Lipinski definition) is 1. The highest BCUT2D eigenvalue weighted by Gasteiger charge is 2.19. The van der Waals surface area contributed by atoms with Gasteiger partial charge in [0.25, 0.3) is 0 Å². The molecule has 1 fully saturated rings. The summed E-state index contributed by atoms with van der Waals surface area (Å²) < 4.78 is 0. The molecule has 1 heterocycles. The molecule has 1 aromatic carbocycles. The van der Waals surface area contributed by atoms with E-state index in [0.29, 0.717) is 12.3 Å². The lowest BCUT2D eigenvalue weighted by Crippen LogP contribution is -2.33. The van der Waals surface area contributed by atoms with E-state index in [4.69, 9.17) is 11.6 Å². The van der Waals surface area contributed by atoms with Crippen LogP contribution in [0.15, 0.2) is 24.3 Å². The van der Waals surface area contributed by atoms with E-state index in [1.807, 2.05) is 18.2 Å². The molecule has 2 rings (SSSR count). The van der Waals surface area contributed by atoms with Crippen LogP contribution in [-0.4, -0.2) is 12.5 Å². The maximum absolute atomic E-state index is 11.0. The number of amides is 1. The van der Waals surface area contributed by atoms with Crippen LogP contribution in [0.3, 0.4) is 0 Å². The van der Waals surface area contributed by atoms with Crippen LogP contribution in [0, 0.1) is 0 Å². The van der Waals surface area contributed by atoms with Gasteiger partial charge in [0.05, 0.1) is 0 Å². The Morgan fingerprint density at radius 2 is 2.29 bits per heavy atom. The molecule has 2 nitrogen and oxygen atoms in total. The molecule has 1 amide bonds. The lowest BCUT2D eigenvalue weighted by molar-refractivity contribution is -0.122. The van der Waals surface area contributed by atoms with Crippen molar-refractivity contribution in [1.82, 2.24) is 5.32 Å². The van der Waals surface area contributed by atoms with Gasteiger partial charge in [0.2, 0.25) is 5.91 Å². The second kappa shape index (κ2) is 4.01. The number of piperidine rings is 1. The fourth-order valence-corrected chi connectivity index (χ4v) is 1.98. The van der Waals surface area contributed by atoms with Crippen LogP contribution in [0.2, 0.25) is 5.02 Å². The second-order valence-corrected chi connectivity index (χ2v) is 4.03. The van der Waals surface area contributed by atoms with E-state index in [9.17, 15) is 4.79 Å². The van der Waals surface area contributed by atoms with Crippen LogP contribution in [0.25, 0.3) is 0 Å². The van der Waals surface area contributed by atoms with Gasteiger partial charge in [-0.25, -0.2) is 0 Å². The maximum atomic E-state index is 11.0. The summed E-state index contributed by atoms with van der Waals surface area (Å²) in [6.07, 6.45) is 1.54. The number of rotatable bonds is 1. The van der Waals surface area contributed by atoms with Gasteiger partial charge < -0.3 is 5.32 Å². The number of halogens is 1. The van der Waals surface area contributed by atoms with Gasteiger partial charge in [-0.1, -0.05) is 23.7 Å². The van der Waals surface area contributed by atoms with Gasteiger partial charge in [-0.15, -0.1) is 0 Å². The predicted octanol–water partition coefficient (Wildman–Crippen LogP) is 2.33. The number of carbonyl (C=O) groups is 1. The summed E-state index contributed by atoms with van der Waals surface area (Å²) in [6.45, 7) is 0.735. The maximum Gasteiger partial charge on any atom is 0.220 e. The van der Waals surface area contributed by atoms with Crippen LogP contribution in [0.5, 0.6) is 0 Å². The van der Waals surface area contributed by atoms with Gasteiger partial charge in [0, 0.05) is 23.9 Å². The third-order valence-electron chi connectivity index (χ3n) is 2.59. The third kappa shape index (κ3) is 2.07. The molecule has 1 N–H and O–H groups in total. The molecular weight excluding hydrogens is 198 g/mol. The Balaban J connectivity index is 2.12. The average Bonchev–Trinajstić information content (AvgIpc) is 2.19. The first-order valence-corrected chi connectivity index (χ1v) is 5.15. The van der Waals surface area contributed by atoms with Crippen molar-refractivity contribution < 1.29 is 4.79 Å². The van der Waals surface area contributed by atoms with E-state index in [0.717, 1.165) is 18.0 Å². The number of benzene rings is 1. The Morgan fingerprint density at radius 1 is 1.43 bits per heavy atom. The SMILES string of the molecule is O=C1CC[C@H](c2cccc(Cl)c2)CN1. The molecule has 0 radical (unpaired) electrons. The summed E-state index contributed by atoms with van der Waals surface area (Å²) in [5.41, 5.74) is 1.22. The minimum atomic E-state index is 0.156. The van der Waals surface area contributed by atoms with E-state index in [1.54, 1.807) is 0 Å². The van der Waals surface area contributed by atoms with E-state index < -0.39 is 0 Å². The topological polar surface area (TPSA) is 29.1 Å². The van der Waals surface area contributed by atoms with Gasteiger partial charge in [-0.05, 0) is 24.1 Å². The van der Waals surface area contributed by atoms with Crippen LogP contribution < -0.4 is 5.32 Å². The normalized spacial score (nSPS) is 21.8. The monoisotopic (exact) mass is 209 g/mol. The van der Waals surface area contributed by atoms with Gasteiger partial charge >= 0.3 is 0 Å². The molecule has 0 spiro atoms. The van der Waals surface area contributed by atoms with Crippen molar-refractivity contribution in [3.8, 4) is 0 Å². The molecule has 0 unspecified atom stereocenters. The van der Waals surface area contributed by atoms with Crippen molar-refractivity contribution in [3.05, 3.63) is 34.9 Å². The Morgan fingerprint density at radius 3 is 2.93 bits per heavy atom. The van der Waals surface area contributed by atoms with Crippen LogP contribution in [-0.2, 0) is 4.79 Å². The van der Waals surface area contributed by atoms with Crippen LogP contribution in [0.4, 0.5) is 0 Å². The zero-order valence-corrected chi connectivity index (χ0v) is 8.55. The lowest BCUT2D eigenvalue weighted by Gasteiger charge is -2.22. The first-order valence-electron chi connectivity index (χ1n) is 4.78. The zero-order chi connectivity index (χ0) is 9.97. The summed E-state index contributed by atoms with van der Waals surface area (Å²) in [6, 6.07) is 7.86. The first kappa shape index (κ1) is 9.53. The van der Waals surface area contributed by atoms with Crippen molar-refractivity contribution in [3.63, 3.8) is 0 Å². The smallest absolute Gasteiger partial charge is 0.220 e. The van der Waals surface area contributed by atoms with Crippen molar-refractivity contribution in [2.24, 2.45) is 0 Å². The van der Waals surface area contributed by atoms with E-state index in [2.05, 4.69) is 11.4 Å². The summed E-state index contributed by atoms with van der Waals surface area (Å²) >= 11 is 5.91. The van der Waals surface area contributed by atoms with Crippen molar-refractivity contribution >= 4 is 17.5 Å². The van der Waals surface area contributed by atoms with Crippen molar-refractivity contribution in [2.45, 2.75) is 18.8 Å². The highest BCUT2D eigenvalue weighted by molar-refractivity contribution is 6.30. The first-order chi connectivity index (χ1) is 6.75. The zero-order valence-electron chi connectivity index (χ0n) is 7.79. The Hall–Kier alpha value is -1.02. The Kier molecular flexibility index (Phi) is 2.73. The van der Waals surface area contributed by atoms with E-state index in [-0.39, 0.29) is 5.91 Å². The highest BCUT2D eigenvalue weighted by Crippen LogP contribution is 2.25. The average molecular weight is 210 g/mol. The van der Waals surface area contributed by atoms with Crippen LogP contribution in [0.1, 0.15) is 24.3 Å². The minimum Gasteiger partial charge on any atom is -0.355 e. The molecule has 1 aromatic rings. The summed E-state index contributed by atoms with van der Waals surface area (Å²) in [5, 5.41) is 3.63. The second-order valence-electron chi connectivity index (χ2n) is 3.59. The highest BCUT2D eigenvalue weighted by atomic mass is 35.5. The predicted molar refractivity (Wildman–Crippen MR) is 56.4 cm³/mol. The molecule has 0 aromatic heterocycles. The van der Waals surface area contributed by atoms with Gasteiger partial charge in [0.1, 0.15) is 0 Å². The third-order valence-corrected chi connectivity index (χ3v) is 2.82. The standard InChI is InChI=1S/C11H12ClNO/c12-10-3-1-2-8(6-10)9-4-5-11(14)13-7-9/h1-3,6,9H,4-5,7H2,(H,13,14)/t9-/m0/s1. The molecule has 0 saturated carbocycles. The van der Waals surface area contributed by atoms with E-state index in [1.165, 1.54) is 5.56 Å². The van der Waals surface area contributed by atoms with Gasteiger partial charge in [0.15, 0.2) is 0 Å². The summed E-state index contributed by atoms with van der Waals surface area (Å²) in [7, 11) is 0. The quantitative estimate of drug-likeness (QED) is 0.756. The van der Waals surface area contributed by atoms with Crippen molar-refractivity contribution in [2.75, 3.05) is 6.54 Å². The van der Waals surface area contributed by atoms with Gasteiger partial charge in [-0.2, -0.15) is 0 Å². The molecule has 3 heteroatoms. The lowest BCUT2D eigenvalue weighted by atomic mass is 9.91. The number of nitrogens with one attached hydrogen (secondary N) is 1. The number of carbonyl (C=O) groups excluding carboxylic acids is 1. The van der Waals surface area contributed by atoms with Crippen LogP contribution >= 0.6 is 11.6 Å². The minimum absolute atomic E-state index is 0.156. The van der Waals surface area contributed by atoms with Crippen molar-refractivity contribution in [1.29, 1.82) is 0 Å². The largest absolute Gasteiger partial charge is 0.355 e. The summed E-state index contributed by atoms with van der Waals surface area (Å²) in [4.78, 5) is 11.0. The van der Waals surface area contributed by atoms with Gasteiger partial charge in [-0.3, -0.25) is 4.79 Å².